The highest BCUT2D eigenvalue weighted by Crippen LogP contribution is 2.20. The number of aliphatic hydroxyl groups is 1. The van der Waals surface area contributed by atoms with Crippen LogP contribution in [0.5, 0.6) is 0 Å². The van der Waals surface area contributed by atoms with Crippen molar-refractivity contribution in [1.82, 2.24) is 4.90 Å². The zero-order chi connectivity index (χ0) is 13.5. The Bertz CT molecular complexity index is 409. The molecule has 0 unspecified atom stereocenters. The van der Waals surface area contributed by atoms with Crippen LogP contribution in [0.15, 0.2) is 22.7 Å². The van der Waals surface area contributed by atoms with E-state index in [9.17, 15) is 4.79 Å². The lowest BCUT2D eigenvalue weighted by molar-refractivity contribution is 0.0655. The van der Waals surface area contributed by atoms with E-state index in [2.05, 4.69) is 15.9 Å². The molecule has 0 aliphatic heterocycles. The number of amides is 1. The average Bonchev–Trinajstić information content (AvgIpc) is 2.33. The maximum atomic E-state index is 12.3. The van der Waals surface area contributed by atoms with Crippen molar-refractivity contribution < 1.29 is 14.6 Å². The predicted octanol–water partition coefficient (Wildman–Crippen LogP) is 1.84. The van der Waals surface area contributed by atoms with Crippen LogP contribution in [0, 0.1) is 6.92 Å². The number of carbonyl (C=O) groups excluding carboxylic acids is 1. The topological polar surface area (TPSA) is 49.8 Å². The van der Waals surface area contributed by atoms with Gasteiger partial charge < -0.3 is 14.7 Å². The van der Waals surface area contributed by atoms with Gasteiger partial charge in [-0.3, -0.25) is 4.79 Å². The van der Waals surface area contributed by atoms with Gasteiger partial charge in [0.1, 0.15) is 0 Å². The number of hydrogen-bond acceptors (Lipinski definition) is 3. The van der Waals surface area contributed by atoms with Gasteiger partial charge in [-0.25, -0.2) is 0 Å². The molecule has 1 N–H and O–H groups in total. The summed E-state index contributed by atoms with van der Waals surface area (Å²) >= 11 is 3.39. The molecule has 0 bridgehead atoms. The molecule has 0 aromatic heterocycles. The van der Waals surface area contributed by atoms with Gasteiger partial charge in [0.15, 0.2) is 0 Å². The van der Waals surface area contributed by atoms with Gasteiger partial charge in [0.25, 0.3) is 5.91 Å². The van der Waals surface area contributed by atoms with E-state index >= 15 is 0 Å². The third-order valence-corrected chi connectivity index (χ3v) is 3.23. The molecule has 0 saturated carbocycles. The van der Waals surface area contributed by atoms with Crippen LogP contribution in [-0.2, 0) is 4.74 Å². The van der Waals surface area contributed by atoms with Crippen LogP contribution in [0.2, 0.25) is 0 Å². The van der Waals surface area contributed by atoms with E-state index < -0.39 is 0 Å². The molecule has 100 valence electrons. The van der Waals surface area contributed by atoms with Crippen molar-refractivity contribution in [3.63, 3.8) is 0 Å². The minimum absolute atomic E-state index is 0.0566. The lowest BCUT2D eigenvalue weighted by Gasteiger charge is -2.22. The Morgan fingerprint density at radius 1 is 1.44 bits per heavy atom. The van der Waals surface area contributed by atoms with Crippen molar-refractivity contribution in [3.05, 3.63) is 33.8 Å². The molecule has 1 aromatic carbocycles. The van der Waals surface area contributed by atoms with Crippen LogP contribution in [-0.4, -0.2) is 49.3 Å². The maximum Gasteiger partial charge on any atom is 0.255 e. The zero-order valence-electron chi connectivity index (χ0n) is 10.6. The highest BCUT2D eigenvalue weighted by molar-refractivity contribution is 9.10. The number of aryl methyl sites for hydroxylation is 1. The second-order valence-electron chi connectivity index (χ2n) is 3.99. The third-order valence-electron chi connectivity index (χ3n) is 2.58. The first-order chi connectivity index (χ1) is 8.60. The molecule has 0 heterocycles. The lowest BCUT2D eigenvalue weighted by atomic mass is 10.1. The van der Waals surface area contributed by atoms with E-state index in [0.717, 1.165) is 10.0 Å². The van der Waals surface area contributed by atoms with Gasteiger partial charge in [-0.2, -0.15) is 0 Å². The smallest absolute Gasteiger partial charge is 0.255 e. The number of carbonyl (C=O) groups is 1. The Morgan fingerprint density at radius 2 is 2.17 bits per heavy atom. The predicted molar refractivity (Wildman–Crippen MR) is 73.7 cm³/mol. The van der Waals surface area contributed by atoms with E-state index in [4.69, 9.17) is 9.84 Å². The number of rotatable bonds is 6. The van der Waals surface area contributed by atoms with E-state index in [1.54, 1.807) is 18.1 Å². The maximum absolute atomic E-state index is 12.3. The number of ether oxygens (including phenoxy) is 1. The van der Waals surface area contributed by atoms with E-state index in [1.165, 1.54) is 0 Å². The third kappa shape index (κ3) is 4.08. The zero-order valence-corrected chi connectivity index (χ0v) is 12.2. The molecule has 0 fully saturated rings. The van der Waals surface area contributed by atoms with Gasteiger partial charge in [-0.1, -0.05) is 6.07 Å². The van der Waals surface area contributed by atoms with Gasteiger partial charge in [0.2, 0.25) is 0 Å². The molecular weight excluding hydrogens is 298 g/mol. The molecule has 5 heteroatoms. The molecular formula is C13H18BrNO3. The Kier molecular flexibility index (Phi) is 6.32. The number of hydrogen-bond donors (Lipinski definition) is 1. The molecule has 0 aliphatic rings. The first-order valence-electron chi connectivity index (χ1n) is 5.75. The average molecular weight is 316 g/mol. The number of benzene rings is 1. The Morgan fingerprint density at radius 3 is 2.72 bits per heavy atom. The quantitative estimate of drug-likeness (QED) is 0.871. The molecule has 4 nitrogen and oxygen atoms in total. The number of halogens is 1. The minimum atomic E-state index is -0.104. The fourth-order valence-corrected chi connectivity index (χ4v) is 2.26. The van der Waals surface area contributed by atoms with Crippen LogP contribution < -0.4 is 0 Å². The number of aliphatic hydroxyl groups excluding tert-OH is 1. The molecule has 0 saturated heterocycles. The molecule has 18 heavy (non-hydrogen) atoms. The largest absolute Gasteiger partial charge is 0.395 e. The van der Waals surface area contributed by atoms with Crippen molar-refractivity contribution in [2.45, 2.75) is 6.92 Å². The molecule has 0 aliphatic carbocycles. The summed E-state index contributed by atoms with van der Waals surface area (Å²) in [5.41, 5.74) is 1.69. The Balaban J connectivity index is 2.87. The summed E-state index contributed by atoms with van der Waals surface area (Å²) in [5, 5.41) is 9.00. The summed E-state index contributed by atoms with van der Waals surface area (Å²) in [7, 11) is 1.59. The summed E-state index contributed by atoms with van der Waals surface area (Å²) in [6.07, 6.45) is 0. The van der Waals surface area contributed by atoms with Crippen LogP contribution in [0.3, 0.4) is 0 Å². The summed E-state index contributed by atoms with van der Waals surface area (Å²) in [6.45, 7) is 3.14. The van der Waals surface area contributed by atoms with E-state index in [-0.39, 0.29) is 12.5 Å². The molecule has 1 aromatic rings. The SMILES string of the molecule is COCCN(CCO)C(=O)c1ccc(C)cc1Br. The van der Waals surface area contributed by atoms with Crippen molar-refractivity contribution in [3.8, 4) is 0 Å². The summed E-state index contributed by atoms with van der Waals surface area (Å²) in [6, 6.07) is 5.59. The minimum Gasteiger partial charge on any atom is -0.395 e. The lowest BCUT2D eigenvalue weighted by Crippen LogP contribution is -2.36. The first-order valence-corrected chi connectivity index (χ1v) is 6.54. The van der Waals surface area contributed by atoms with Crippen LogP contribution >= 0.6 is 15.9 Å². The highest BCUT2D eigenvalue weighted by Gasteiger charge is 2.17. The standard InChI is InChI=1S/C13H18BrNO3/c1-10-3-4-11(12(14)9-10)13(17)15(5-7-16)6-8-18-2/h3-4,9,16H,5-8H2,1-2H3. The fraction of sp³-hybridized carbons (Fsp3) is 0.462. The van der Waals surface area contributed by atoms with Crippen molar-refractivity contribution in [2.75, 3.05) is 33.4 Å². The second-order valence-corrected chi connectivity index (χ2v) is 4.85. The summed E-state index contributed by atoms with van der Waals surface area (Å²) in [4.78, 5) is 13.9. The fourth-order valence-electron chi connectivity index (χ4n) is 1.60. The summed E-state index contributed by atoms with van der Waals surface area (Å²) < 4.78 is 5.74. The molecule has 1 amide bonds. The molecule has 0 spiro atoms. The van der Waals surface area contributed by atoms with Crippen molar-refractivity contribution in [2.24, 2.45) is 0 Å². The van der Waals surface area contributed by atoms with Gasteiger partial charge in [-0.05, 0) is 40.5 Å². The number of nitrogens with zero attached hydrogens (tertiary/aromatic N) is 1. The van der Waals surface area contributed by atoms with Crippen LogP contribution in [0.25, 0.3) is 0 Å². The van der Waals surface area contributed by atoms with Crippen LogP contribution in [0.1, 0.15) is 15.9 Å². The van der Waals surface area contributed by atoms with Gasteiger partial charge >= 0.3 is 0 Å². The number of methoxy groups -OCH3 is 1. The molecule has 0 atom stereocenters. The van der Waals surface area contributed by atoms with E-state index in [1.807, 2.05) is 19.1 Å². The monoisotopic (exact) mass is 315 g/mol. The van der Waals surface area contributed by atoms with Gasteiger partial charge in [-0.15, -0.1) is 0 Å². The van der Waals surface area contributed by atoms with E-state index in [0.29, 0.717) is 25.3 Å². The molecule has 0 radical (unpaired) electrons. The van der Waals surface area contributed by atoms with Gasteiger partial charge in [0, 0.05) is 24.7 Å². The normalized spacial score (nSPS) is 10.4. The van der Waals surface area contributed by atoms with Crippen molar-refractivity contribution in [1.29, 1.82) is 0 Å². The molecule has 1 rings (SSSR count). The van der Waals surface area contributed by atoms with Gasteiger partial charge in [0.05, 0.1) is 18.8 Å². The van der Waals surface area contributed by atoms with Crippen molar-refractivity contribution >= 4 is 21.8 Å². The highest BCUT2D eigenvalue weighted by atomic mass is 79.9. The van der Waals surface area contributed by atoms with Crippen LogP contribution in [0.4, 0.5) is 0 Å². The second kappa shape index (κ2) is 7.51. The summed E-state index contributed by atoms with van der Waals surface area (Å²) in [5.74, 6) is -0.104. The Labute approximate surface area is 116 Å². The Hall–Kier alpha value is -0.910. The first kappa shape index (κ1) is 15.1.